The first-order valence-electron chi connectivity index (χ1n) is 7.33. The summed E-state index contributed by atoms with van der Waals surface area (Å²) in [5.41, 5.74) is 3.04. The van der Waals surface area contributed by atoms with Crippen molar-refractivity contribution < 1.29 is 4.79 Å². The molecule has 3 rings (SSSR count). The molecule has 0 aliphatic rings. The van der Waals surface area contributed by atoms with Gasteiger partial charge in [0.2, 0.25) is 0 Å². The van der Waals surface area contributed by atoms with Crippen molar-refractivity contribution in [1.29, 1.82) is 0 Å². The zero-order valence-electron chi connectivity index (χ0n) is 13.1. The van der Waals surface area contributed by atoms with Gasteiger partial charge in [0.1, 0.15) is 11.8 Å². The number of hydrogen-bond donors (Lipinski definition) is 0. The largest absolute Gasteiger partial charge is 0.341 e. The number of hydrogen-bond acceptors (Lipinski definition) is 4. The Kier molecular flexibility index (Phi) is 4.62. The number of para-hydroxylation sites is 1. The lowest BCUT2D eigenvalue weighted by molar-refractivity contribution is 0.0803. The first-order valence-corrected chi connectivity index (χ1v) is 8.73. The number of imidazole rings is 1. The summed E-state index contributed by atoms with van der Waals surface area (Å²) in [6.45, 7) is 0.719. The maximum Gasteiger partial charge on any atom is 0.255 e. The van der Waals surface area contributed by atoms with Gasteiger partial charge in [0, 0.05) is 31.2 Å². The Balaban J connectivity index is 1.91. The molecule has 2 aromatic heterocycles. The van der Waals surface area contributed by atoms with Gasteiger partial charge in [-0.1, -0.05) is 18.2 Å². The van der Waals surface area contributed by atoms with Crippen LogP contribution in [0, 0.1) is 0 Å². The van der Waals surface area contributed by atoms with Gasteiger partial charge in [-0.25, -0.2) is 9.97 Å². The summed E-state index contributed by atoms with van der Waals surface area (Å²) in [7, 11) is 1.81. The molecule has 1 aromatic carbocycles. The van der Waals surface area contributed by atoms with Crippen LogP contribution in [0.2, 0.25) is 0 Å². The molecule has 0 saturated carbocycles. The number of carbonyl (C=O) groups is 1. The molecular weight excluding hydrogens is 308 g/mol. The number of benzene rings is 1. The SMILES string of the molecule is CSCCN(C)C(=O)c1cnc2c(c1)ncn2-c1ccccc1. The first-order chi connectivity index (χ1) is 11.2. The Hall–Kier alpha value is -2.34. The van der Waals surface area contributed by atoms with Crippen LogP contribution >= 0.6 is 11.8 Å². The molecule has 3 aromatic rings. The van der Waals surface area contributed by atoms with Crippen molar-refractivity contribution >= 4 is 28.8 Å². The topological polar surface area (TPSA) is 51.0 Å². The third-order valence-electron chi connectivity index (χ3n) is 3.65. The van der Waals surface area contributed by atoms with Crippen LogP contribution in [0.4, 0.5) is 0 Å². The van der Waals surface area contributed by atoms with Gasteiger partial charge in [-0.15, -0.1) is 0 Å². The number of aromatic nitrogens is 3. The summed E-state index contributed by atoms with van der Waals surface area (Å²) in [5, 5.41) is 0. The van der Waals surface area contributed by atoms with Gasteiger partial charge in [-0.05, 0) is 24.5 Å². The number of rotatable bonds is 5. The summed E-state index contributed by atoms with van der Waals surface area (Å²) in [6, 6.07) is 11.7. The average Bonchev–Trinajstić information content (AvgIpc) is 3.02. The van der Waals surface area contributed by atoms with E-state index in [0.717, 1.165) is 29.1 Å². The monoisotopic (exact) mass is 326 g/mol. The maximum absolute atomic E-state index is 12.4. The fourth-order valence-corrected chi connectivity index (χ4v) is 2.80. The number of fused-ring (bicyclic) bond motifs is 1. The summed E-state index contributed by atoms with van der Waals surface area (Å²) in [5.74, 6) is 0.892. The predicted molar refractivity (Wildman–Crippen MR) is 94.2 cm³/mol. The molecule has 23 heavy (non-hydrogen) atoms. The minimum Gasteiger partial charge on any atom is -0.341 e. The molecule has 0 aliphatic carbocycles. The molecule has 0 radical (unpaired) electrons. The third-order valence-corrected chi connectivity index (χ3v) is 4.24. The molecule has 0 saturated heterocycles. The second kappa shape index (κ2) is 6.83. The van der Waals surface area contributed by atoms with E-state index in [1.54, 1.807) is 35.3 Å². The van der Waals surface area contributed by atoms with E-state index in [1.807, 2.05) is 48.2 Å². The Morgan fingerprint density at radius 2 is 2.04 bits per heavy atom. The van der Waals surface area contributed by atoms with Crippen LogP contribution in [0.3, 0.4) is 0 Å². The van der Waals surface area contributed by atoms with Gasteiger partial charge in [0.05, 0.1) is 5.56 Å². The lowest BCUT2D eigenvalue weighted by Crippen LogP contribution is -2.28. The zero-order valence-corrected chi connectivity index (χ0v) is 14.0. The molecule has 2 heterocycles. The van der Waals surface area contributed by atoms with Crippen LogP contribution in [0.5, 0.6) is 0 Å². The normalized spacial score (nSPS) is 10.9. The highest BCUT2D eigenvalue weighted by molar-refractivity contribution is 7.98. The minimum absolute atomic E-state index is 0.0253. The fraction of sp³-hybridized carbons (Fsp3) is 0.235. The van der Waals surface area contributed by atoms with Gasteiger partial charge >= 0.3 is 0 Å². The second-order valence-electron chi connectivity index (χ2n) is 5.24. The molecule has 0 N–H and O–H groups in total. The Labute approximate surface area is 139 Å². The van der Waals surface area contributed by atoms with Crippen LogP contribution in [0.25, 0.3) is 16.9 Å². The first kappa shape index (κ1) is 15.6. The summed E-state index contributed by atoms with van der Waals surface area (Å²) < 4.78 is 1.92. The fourth-order valence-electron chi connectivity index (χ4n) is 2.35. The van der Waals surface area contributed by atoms with Gasteiger partial charge < -0.3 is 4.90 Å². The number of carbonyl (C=O) groups excluding carboxylic acids is 1. The Bertz CT molecular complexity index is 816. The molecule has 0 fully saturated rings. The van der Waals surface area contributed by atoms with E-state index in [0.29, 0.717) is 5.56 Å². The van der Waals surface area contributed by atoms with Crippen molar-refractivity contribution in [1.82, 2.24) is 19.4 Å². The van der Waals surface area contributed by atoms with E-state index < -0.39 is 0 Å². The molecule has 6 heteroatoms. The lowest BCUT2D eigenvalue weighted by atomic mass is 10.2. The second-order valence-corrected chi connectivity index (χ2v) is 6.22. The molecule has 0 bridgehead atoms. The van der Waals surface area contributed by atoms with Crippen LogP contribution in [0.15, 0.2) is 48.9 Å². The summed E-state index contributed by atoms with van der Waals surface area (Å²) >= 11 is 1.72. The molecular formula is C17H18N4OS. The van der Waals surface area contributed by atoms with E-state index in [2.05, 4.69) is 9.97 Å². The maximum atomic E-state index is 12.4. The Morgan fingerprint density at radius 1 is 1.26 bits per heavy atom. The zero-order chi connectivity index (χ0) is 16.2. The number of thioether (sulfide) groups is 1. The van der Waals surface area contributed by atoms with Crippen molar-refractivity contribution in [2.45, 2.75) is 0 Å². The lowest BCUT2D eigenvalue weighted by Gasteiger charge is -2.16. The van der Waals surface area contributed by atoms with Crippen molar-refractivity contribution in [3.05, 3.63) is 54.5 Å². The molecule has 0 atom stereocenters. The van der Waals surface area contributed by atoms with Crippen molar-refractivity contribution in [3.8, 4) is 5.69 Å². The smallest absolute Gasteiger partial charge is 0.255 e. The van der Waals surface area contributed by atoms with E-state index >= 15 is 0 Å². The van der Waals surface area contributed by atoms with E-state index in [4.69, 9.17) is 0 Å². The number of nitrogens with zero attached hydrogens (tertiary/aromatic N) is 4. The third kappa shape index (κ3) is 3.22. The summed E-state index contributed by atoms with van der Waals surface area (Å²) in [4.78, 5) is 23.0. The van der Waals surface area contributed by atoms with Crippen molar-refractivity contribution in [2.24, 2.45) is 0 Å². The van der Waals surface area contributed by atoms with Gasteiger partial charge in [0.15, 0.2) is 5.65 Å². The van der Waals surface area contributed by atoms with Crippen LogP contribution in [0.1, 0.15) is 10.4 Å². The molecule has 118 valence electrons. The van der Waals surface area contributed by atoms with E-state index in [1.165, 1.54) is 0 Å². The van der Waals surface area contributed by atoms with Gasteiger partial charge in [-0.3, -0.25) is 9.36 Å². The molecule has 0 unspecified atom stereocenters. The summed E-state index contributed by atoms with van der Waals surface area (Å²) in [6.07, 6.45) is 5.39. The predicted octanol–water partition coefficient (Wildman–Crippen LogP) is 2.86. The molecule has 5 nitrogen and oxygen atoms in total. The van der Waals surface area contributed by atoms with E-state index in [-0.39, 0.29) is 5.91 Å². The van der Waals surface area contributed by atoms with Crippen molar-refractivity contribution in [3.63, 3.8) is 0 Å². The van der Waals surface area contributed by atoms with Gasteiger partial charge in [0.25, 0.3) is 5.91 Å². The molecule has 0 aliphatic heterocycles. The van der Waals surface area contributed by atoms with E-state index in [9.17, 15) is 4.79 Å². The number of pyridine rings is 1. The average molecular weight is 326 g/mol. The standard InChI is InChI=1S/C17H18N4OS/c1-20(8-9-23-2)17(22)13-10-15-16(18-11-13)21(12-19-15)14-6-4-3-5-7-14/h3-7,10-12H,8-9H2,1-2H3. The highest BCUT2D eigenvalue weighted by Gasteiger charge is 2.14. The van der Waals surface area contributed by atoms with Crippen LogP contribution < -0.4 is 0 Å². The highest BCUT2D eigenvalue weighted by Crippen LogP contribution is 2.17. The molecule has 0 spiro atoms. The number of amides is 1. The van der Waals surface area contributed by atoms with Gasteiger partial charge in [-0.2, -0.15) is 11.8 Å². The van der Waals surface area contributed by atoms with Crippen molar-refractivity contribution in [2.75, 3.05) is 25.6 Å². The quantitative estimate of drug-likeness (QED) is 0.723. The van der Waals surface area contributed by atoms with Crippen LogP contribution in [-0.4, -0.2) is 50.9 Å². The van der Waals surface area contributed by atoms with Crippen LogP contribution in [-0.2, 0) is 0 Å². The Morgan fingerprint density at radius 3 is 2.78 bits per heavy atom. The minimum atomic E-state index is -0.0253. The molecule has 1 amide bonds. The highest BCUT2D eigenvalue weighted by atomic mass is 32.2.